The van der Waals surface area contributed by atoms with Gasteiger partial charge in [-0.05, 0) is 36.8 Å². The van der Waals surface area contributed by atoms with Crippen LogP contribution in [0.1, 0.15) is 16.8 Å². The number of methoxy groups -OCH3 is 1. The number of hydrogen-bond donors (Lipinski definition) is 2. The number of benzene rings is 2. The SMILES string of the molecule is COc1cc2c(Nc3ccc(C(N)=O)cc3F)ccnc2cc1OCCCN1CCOCC1. The standard InChI is InChI=1S/C24H27FN4O4/c1-31-22-14-17-19(28-20-4-3-16(24(26)30)13-18(20)25)5-6-27-21(17)15-23(22)33-10-2-7-29-8-11-32-12-9-29/h3-6,13-15H,2,7-12H2,1H3,(H2,26,30)(H,27,28). The molecule has 3 N–H and O–H groups in total. The molecule has 1 saturated heterocycles. The van der Waals surface area contributed by atoms with Gasteiger partial charge in [0.15, 0.2) is 11.5 Å². The van der Waals surface area contributed by atoms with Gasteiger partial charge in [0.25, 0.3) is 0 Å². The molecule has 3 aromatic rings. The number of hydrogen-bond acceptors (Lipinski definition) is 7. The first-order chi connectivity index (χ1) is 16.0. The summed E-state index contributed by atoms with van der Waals surface area (Å²) in [5.41, 5.74) is 6.86. The predicted molar refractivity (Wildman–Crippen MR) is 124 cm³/mol. The third-order valence-corrected chi connectivity index (χ3v) is 5.53. The Labute approximate surface area is 191 Å². The van der Waals surface area contributed by atoms with Crippen LogP contribution >= 0.6 is 0 Å². The Kier molecular flexibility index (Phi) is 7.21. The summed E-state index contributed by atoms with van der Waals surface area (Å²) in [6.45, 7) is 4.96. The van der Waals surface area contributed by atoms with Gasteiger partial charge in [-0.25, -0.2) is 4.39 Å². The van der Waals surface area contributed by atoms with E-state index in [1.807, 2.05) is 12.1 Å². The van der Waals surface area contributed by atoms with Crippen molar-refractivity contribution in [1.29, 1.82) is 0 Å². The number of fused-ring (bicyclic) bond motifs is 1. The molecular formula is C24H27FN4O4. The summed E-state index contributed by atoms with van der Waals surface area (Å²) in [6, 6.07) is 9.44. The number of carbonyl (C=O) groups excluding carboxylic acids is 1. The minimum atomic E-state index is -0.683. The average Bonchev–Trinajstić information content (AvgIpc) is 2.83. The third kappa shape index (κ3) is 5.50. The molecule has 1 amide bonds. The van der Waals surface area contributed by atoms with Gasteiger partial charge in [-0.1, -0.05) is 0 Å². The molecule has 2 heterocycles. The lowest BCUT2D eigenvalue weighted by Crippen LogP contribution is -2.37. The molecule has 8 nitrogen and oxygen atoms in total. The fourth-order valence-electron chi connectivity index (χ4n) is 3.74. The van der Waals surface area contributed by atoms with Gasteiger partial charge in [-0.3, -0.25) is 14.7 Å². The Bertz CT molecular complexity index is 1130. The molecule has 9 heteroatoms. The number of ether oxygens (including phenoxy) is 3. The molecule has 0 saturated carbocycles. The monoisotopic (exact) mass is 454 g/mol. The summed E-state index contributed by atoms with van der Waals surface area (Å²) in [4.78, 5) is 18.1. The normalized spacial score (nSPS) is 14.2. The molecule has 1 aliphatic heterocycles. The number of primary amides is 1. The van der Waals surface area contributed by atoms with Gasteiger partial charge in [0.2, 0.25) is 5.91 Å². The van der Waals surface area contributed by atoms with Crippen LogP contribution in [-0.2, 0) is 4.74 Å². The largest absolute Gasteiger partial charge is 0.493 e. The second-order valence-corrected chi connectivity index (χ2v) is 7.72. The van der Waals surface area contributed by atoms with Gasteiger partial charge >= 0.3 is 0 Å². The number of halogens is 1. The average molecular weight is 455 g/mol. The summed E-state index contributed by atoms with van der Waals surface area (Å²) in [5.74, 6) is -0.0939. The highest BCUT2D eigenvalue weighted by Crippen LogP contribution is 2.36. The molecule has 0 aliphatic carbocycles. The first-order valence-electron chi connectivity index (χ1n) is 10.8. The first kappa shape index (κ1) is 22.8. The van der Waals surface area contributed by atoms with Crippen molar-refractivity contribution >= 4 is 28.2 Å². The molecule has 1 fully saturated rings. The Balaban J connectivity index is 1.50. The van der Waals surface area contributed by atoms with Crippen LogP contribution in [0.4, 0.5) is 15.8 Å². The van der Waals surface area contributed by atoms with E-state index in [0.717, 1.165) is 50.7 Å². The zero-order valence-electron chi connectivity index (χ0n) is 18.5. The number of nitrogens with one attached hydrogen (secondary N) is 1. The molecule has 1 aliphatic rings. The molecule has 0 unspecified atom stereocenters. The van der Waals surface area contributed by atoms with Crippen molar-refractivity contribution in [2.45, 2.75) is 6.42 Å². The van der Waals surface area contributed by atoms with E-state index in [1.54, 1.807) is 19.4 Å². The van der Waals surface area contributed by atoms with Crippen molar-refractivity contribution in [3.63, 3.8) is 0 Å². The minimum absolute atomic E-state index is 0.106. The maximum absolute atomic E-state index is 14.5. The second kappa shape index (κ2) is 10.5. The molecule has 2 aromatic carbocycles. The van der Waals surface area contributed by atoms with Crippen molar-refractivity contribution in [2.24, 2.45) is 5.73 Å². The van der Waals surface area contributed by atoms with Crippen LogP contribution < -0.4 is 20.5 Å². The molecule has 174 valence electrons. The topological polar surface area (TPSA) is 98.9 Å². The lowest BCUT2D eigenvalue weighted by molar-refractivity contribution is 0.0357. The summed E-state index contributed by atoms with van der Waals surface area (Å²) in [6.07, 6.45) is 2.52. The van der Waals surface area contributed by atoms with Crippen molar-refractivity contribution in [3.8, 4) is 11.5 Å². The minimum Gasteiger partial charge on any atom is -0.493 e. The highest BCUT2D eigenvalue weighted by atomic mass is 19.1. The van der Waals surface area contributed by atoms with E-state index in [9.17, 15) is 9.18 Å². The lowest BCUT2D eigenvalue weighted by Gasteiger charge is -2.26. The zero-order chi connectivity index (χ0) is 23.2. The number of carbonyl (C=O) groups is 1. The van der Waals surface area contributed by atoms with Crippen LogP contribution in [0, 0.1) is 5.82 Å². The van der Waals surface area contributed by atoms with E-state index in [-0.39, 0.29) is 11.3 Å². The van der Waals surface area contributed by atoms with E-state index < -0.39 is 11.7 Å². The van der Waals surface area contributed by atoms with Crippen LogP contribution in [0.5, 0.6) is 11.5 Å². The van der Waals surface area contributed by atoms with Crippen LogP contribution in [0.15, 0.2) is 42.6 Å². The number of nitrogens with two attached hydrogens (primary N) is 1. The summed E-state index contributed by atoms with van der Waals surface area (Å²) in [7, 11) is 1.58. The fourth-order valence-corrected chi connectivity index (χ4v) is 3.74. The summed E-state index contributed by atoms with van der Waals surface area (Å²) >= 11 is 0. The molecule has 0 radical (unpaired) electrons. The van der Waals surface area contributed by atoms with Crippen LogP contribution in [0.25, 0.3) is 10.9 Å². The van der Waals surface area contributed by atoms with E-state index in [1.165, 1.54) is 12.1 Å². The van der Waals surface area contributed by atoms with Crippen LogP contribution in [0.2, 0.25) is 0 Å². The molecule has 0 bridgehead atoms. The van der Waals surface area contributed by atoms with Gasteiger partial charge in [0, 0.05) is 48.5 Å². The zero-order valence-corrected chi connectivity index (χ0v) is 18.5. The summed E-state index contributed by atoms with van der Waals surface area (Å²) in [5, 5.41) is 3.81. The van der Waals surface area contributed by atoms with Gasteiger partial charge in [0.05, 0.1) is 38.1 Å². The van der Waals surface area contributed by atoms with E-state index >= 15 is 0 Å². The number of amides is 1. The predicted octanol–water partition coefficient (Wildman–Crippen LogP) is 3.33. The third-order valence-electron chi connectivity index (χ3n) is 5.53. The van der Waals surface area contributed by atoms with E-state index in [4.69, 9.17) is 19.9 Å². The maximum Gasteiger partial charge on any atom is 0.248 e. The van der Waals surface area contributed by atoms with E-state index in [2.05, 4.69) is 15.2 Å². The number of morpholine rings is 1. The highest BCUT2D eigenvalue weighted by Gasteiger charge is 2.14. The summed E-state index contributed by atoms with van der Waals surface area (Å²) < 4.78 is 31.4. The smallest absolute Gasteiger partial charge is 0.248 e. The quantitative estimate of drug-likeness (QED) is 0.479. The van der Waals surface area contributed by atoms with Crippen molar-refractivity contribution in [1.82, 2.24) is 9.88 Å². The second-order valence-electron chi connectivity index (χ2n) is 7.72. The number of pyridine rings is 1. The van der Waals surface area contributed by atoms with Gasteiger partial charge in [-0.2, -0.15) is 0 Å². The fraction of sp³-hybridized carbons (Fsp3) is 0.333. The van der Waals surface area contributed by atoms with Crippen molar-refractivity contribution < 1.29 is 23.4 Å². The molecule has 33 heavy (non-hydrogen) atoms. The van der Waals surface area contributed by atoms with Gasteiger partial charge in [0.1, 0.15) is 5.82 Å². The first-order valence-corrected chi connectivity index (χ1v) is 10.8. The van der Waals surface area contributed by atoms with Gasteiger partial charge < -0.3 is 25.3 Å². The number of aromatic nitrogens is 1. The highest BCUT2D eigenvalue weighted by molar-refractivity contribution is 5.96. The Morgan fingerprint density at radius 3 is 2.73 bits per heavy atom. The number of rotatable bonds is 9. The molecule has 4 rings (SSSR count). The van der Waals surface area contributed by atoms with Crippen LogP contribution in [0.3, 0.4) is 0 Å². The molecule has 0 spiro atoms. The number of anilines is 2. The van der Waals surface area contributed by atoms with Crippen LogP contribution in [-0.4, -0.2) is 62.4 Å². The molecule has 0 atom stereocenters. The molecular weight excluding hydrogens is 427 g/mol. The van der Waals surface area contributed by atoms with Crippen molar-refractivity contribution in [3.05, 3.63) is 54.0 Å². The Morgan fingerprint density at radius 2 is 2.00 bits per heavy atom. The molecule has 1 aromatic heterocycles. The van der Waals surface area contributed by atoms with E-state index in [0.29, 0.717) is 29.3 Å². The Morgan fingerprint density at radius 1 is 1.18 bits per heavy atom. The van der Waals surface area contributed by atoms with Crippen molar-refractivity contribution in [2.75, 3.05) is 51.9 Å². The van der Waals surface area contributed by atoms with Gasteiger partial charge in [-0.15, -0.1) is 0 Å². The number of nitrogens with zero attached hydrogens (tertiary/aromatic N) is 2. The Hall–Kier alpha value is -3.43. The lowest BCUT2D eigenvalue weighted by atomic mass is 10.1. The maximum atomic E-state index is 14.5.